The lowest BCUT2D eigenvalue weighted by molar-refractivity contribution is 0.321. The molecule has 2 aliphatic rings. The molecule has 146 valence electrons. The molecule has 1 saturated carbocycles. The van der Waals surface area contributed by atoms with Crippen LogP contribution in [0.3, 0.4) is 0 Å². The fourth-order valence-corrected chi connectivity index (χ4v) is 4.88. The van der Waals surface area contributed by atoms with E-state index < -0.39 is 0 Å². The van der Waals surface area contributed by atoms with Crippen LogP contribution in [0.25, 0.3) is 17.2 Å². The van der Waals surface area contributed by atoms with Gasteiger partial charge in [0.1, 0.15) is 18.5 Å². The first-order valence-corrected chi connectivity index (χ1v) is 10.2. The van der Waals surface area contributed by atoms with Crippen molar-refractivity contribution < 1.29 is 4.39 Å². The van der Waals surface area contributed by atoms with Crippen LogP contribution in [-0.2, 0) is 0 Å². The van der Waals surface area contributed by atoms with Crippen molar-refractivity contribution in [2.24, 2.45) is 17.8 Å². The highest BCUT2D eigenvalue weighted by molar-refractivity contribution is 5.63. The Labute approximate surface area is 169 Å². The number of fused-ring (bicyclic) bond motifs is 1. The van der Waals surface area contributed by atoms with Crippen LogP contribution in [0, 0.1) is 23.6 Å². The van der Waals surface area contributed by atoms with Crippen molar-refractivity contribution in [2.45, 2.75) is 25.3 Å². The summed E-state index contributed by atoms with van der Waals surface area (Å²) in [4.78, 5) is 8.73. The third kappa shape index (κ3) is 3.65. The molecule has 0 amide bonds. The van der Waals surface area contributed by atoms with Crippen molar-refractivity contribution >= 4 is 6.08 Å². The van der Waals surface area contributed by atoms with E-state index in [1.165, 1.54) is 12.1 Å². The lowest BCUT2D eigenvalue weighted by Crippen LogP contribution is -2.19. The number of pyridine rings is 1. The van der Waals surface area contributed by atoms with E-state index in [2.05, 4.69) is 39.4 Å². The van der Waals surface area contributed by atoms with Gasteiger partial charge in [0.05, 0.1) is 11.7 Å². The Morgan fingerprint density at radius 3 is 2.79 bits per heavy atom. The van der Waals surface area contributed by atoms with Gasteiger partial charge >= 0.3 is 0 Å². The van der Waals surface area contributed by atoms with Gasteiger partial charge in [-0.15, -0.1) is 0 Å². The van der Waals surface area contributed by atoms with E-state index in [0.29, 0.717) is 23.8 Å². The second kappa shape index (κ2) is 7.74. The Balaban J connectivity index is 1.38. The molecule has 2 aromatic heterocycles. The smallest absolute Gasteiger partial charge is 0.137 e. The number of halogens is 1. The van der Waals surface area contributed by atoms with E-state index in [1.807, 2.05) is 35.4 Å². The number of nitrogens with zero attached hydrogens (tertiary/aromatic N) is 4. The molecule has 1 fully saturated rings. The van der Waals surface area contributed by atoms with Gasteiger partial charge in [0.25, 0.3) is 0 Å². The topological polar surface area (TPSA) is 43.6 Å². The molecular formula is C24H23FN4. The van der Waals surface area contributed by atoms with Crippen LogP contribution >= 0.6 is 0 Å². The molecular weight excluding hydrogens is 363 g/mol. The summed E-state index contributed by atoms with van der Waals surface area (Å²) in [5, 5.41) is 4.42. The minimum Gasteiger partial charge on any atom is -0.256 e. The van der Waals surface area contributed by atoms with Gasteiger partial charge in [-0.2, -0.15) is 5.10 Å². The van der Waals surface area contributed by atoms with Gasteiger partial charge in [0.15, 0.2) is 0 Å². The summed E-state index contributed by atoms with van der Waals surface area (Å²) in [6.45, 7) is 0. The van der Waals surface area contributed by atoms with Crippen LogP contribution < -0.4 is 0 Å². The van der Waals surface area contributed by atoms with Gasteiger partial charge in [-0.1, -0.05) is 36.4 Å². The molecule has 0 aliphatic heterocycles. The predicted octanol–water partition coefficient (Wildman–Crippen LogP) is 5.34. The second-order valence-electron chi connectivity index (χ2n) is 7.96. The number of hydrogen-bond donors (Lipinski definition) is 0. The fraction of sp³-hybridized carbons (Fsp3) is 0.292. The van der Waals surface area contributed by atoms with Crippen LogP contribution in [0.2, 0.25) is 0 Å². The first-order valence-electron chi connectivity index (χ1n) is 10.2. The van der Waals surface area contributed by atoms with Crippen LogP contribution in [0.5, 0.6) is 0 Å². The van der Waals surface area contributed by atoms with E-state index in [4.69, 9.17) is 0 Å². The Bertz CT molecular complexity index is 1020. The van der Waals surface area contributed by atoms with Gasteiger partial charge < -0.3 is 0 Å². The second-order valence-corrected chi connectivity index (χ2v) is 7.96. The van der Waals surface area contributed by atoms with Crippen molar-refractivity contribution in [2.75, 3.05) is 0 Å². The molecule has 2 heterocycles. The molecule has 0 radical (unpaired) electrons. The summed E-state index contributed by atoms with van der Waals surface area (Å²) in [6, 6.07) is 10.9. The molecule has 0 spiro atoms. The summed E-state index contributed by atoms with van der Waals surface area (Å²) in [6.07, 6.45) is 17.7. The Hall–Kier alpha value is -3.08. The van der Waals surface area contributed by atoms with Crippen molar-refractivity contribution in [1.82, 2.24) is 19.7 Å². The van der Waals surface area contributed by atoms with Crippen LogP contribution in [0.15, 0.2) is 73.5 Å². The van der Waals surface area contributed by atoms with Gasteiger partial charge in [-0.05, 0) is 60.9 Å². The number of benzene rings is 1. The molecule has 5 heteroatoms. The maximum absolute atomic E-state index is 13.5. The Morgan fingerprint density at radius 2 is 2.00 bits per heavy atom. The molecule has 2 aliphatic carbocycles. The Morgan fingerprint density at radius 1 is 1.07 bits per heavy atom. The molecule has 1 aromatic carbocycles. The zero-order chi connectivity index (χ0) is 19.6. The van der Waals surface area contributed by atoms with E-state index in [-0.39, 0.29) is 5.82 Å². The molecule has 4 atom stereocenters. The molecule has 0 bridgehead atoms. The quantitative estimate of drug-likeness (QED) is 0.569. The largest absolute Gasteiger partial charge is 0.256 e. The molecule has 0 N–H and O–H groups in total. The summed E-state index contributed by atoms with van der Waals surface area (Å²) in [7, 11) is 0. The normalized spacial score (nSPS) is 26.1. The minimum atomic E-state index is -0.233. The van der Waals surface area contributed by atoms with Gasteiger partial charge in [0, 0.05) is 17.7 Å². The monoisotopic (exact) mass is 386 g/mol. The predicted molar refractivity (Wildman–Crippen MR) is 111 cm³/mol. The third-order valence-electron chi connectivity index (χ3n) is 6.31. The molecule has 0 unspecified atom stereocenters. The zero-order valence-corrected chi connectivity index (χ0v) is 16.1. The number of hydrogen-bond acceptors (Lipinski definition) is 3. The van der Waals surface area contributed by atoms with Crippen LogP contribution in [0.4, 0.5) is 4.39 Å². The molecule has 5 rings (SSSR count). The maximum atomic E-state index is 13.5. The van der Waals surface area contributed by atoms with Gasteiger partial charge in [-0.25, -0.2) is 14.1 Å². The maximum Gasteiger partial charge on any atom is 0.137 e. The molecule has 3 aromatic rings. The highest BCUT2D eigenvalue weighted by atomic mass is 19.1. The number of rotatable bonds is 4. The highest BCUT2D eigenvalue weighted by Gasteiger charge is 2.42. The summed E-state index contributed by atoms with van der Waals surface area (Å²) in [5.74, 6) is 1.52. The minimum absolute atomic E-state index is 0.233. The fourth-order valence-electron chi connectivity index (χ4n) is 4.88. The molecule has 29 heavy (non-hydrogen) atoms. The highest BCUT2D eigenvalue weighted by Crippen LogP contribution is 2.50. The van der Waals surface area contributed by atoms with Gasteiger partial charge in [-0.3, -0.25) is 4.98 Å². The number of aromatic nitrogens is 4. The summed E-state index contributed by atoms with van der Waals surface area (Å²) in [5.41, 5.74) is 2.67. The first-order chi connectivity index (χ1) is 14.3. The first kappa shape index (κ1) is 18.0. The standard InChI is InChI=1S/C24H23FN4/c25-20-6-3-5-17(12-20)19-8-9-21(27-14-19)10-11-23-22-7-2-1-4-18(22)13-24(23)29-16-26-15-28-29/h1-3,5-6,8-12,14-16,18,22-24H,4,7,13H2/b11-10+/t18-,22-,23+,24+/m1/s1. The van der Waals surface area contributed by atoms with Gasteiger partial charge in [0.2, 0.25) is 0 Å². The van der Waals surface area contributed by atoms with Crippen LogP contribution in [-0.4, -0.2) is 19.7 Å². The average Bonchev–Trinajstić information content (AvgIpc) is 3.40. The summed E-state index contributed by atoms with van der Waals surface area (Å²) < 4.78 is 15.5. The number of allylic oxidation sites excluding steroid dienone is 3. The van der Waals surface area contributed by atoms with E-state index in [0.717, 1.165) is 36.1 Å². The van der Waals surface area contributed by atoms with Crippen molar-refractivity contribution in [1.29, 1.82) is 0 Å². The Kier molecular flexibility index (Phi) is 4.80. The lowest BCUT2D eigenvalue weighted by Gasteiger charge is -2.25. The average molecular weight is 386 g/mol. The van der Waals surface area contributed by atoms with E-state index >= 15 is 0 Å². The SMILES string of the molecule is Fc1cccc(-c2ccc(/C=C/[C@H]3[C@@H]4CC=CC[C@@H]4C[C@@H]3n3cncn3)nc2)c1. The zero-order valence-electron chi connectivity index (χ0n) is 16.1. The van der Waals surface area contributed by atoms with E-state index in [1.54, 1.807) is 12.4 Å². The third-order valence-corrected chi connectivity index (χ3v) is 6.31. The molecule has 0 saturated heterocycles. The van der Waals surface area contributed by atoms with E-state index in [9.17, 15) is 4.39 Å². The van der Waals surface area contributed by atoms with Crippen LogP contribution in [0.1, 0.15) is 31.0 Å². The summed E-state index contributed by atoms with van der Waals surface area (Å²) >= 11 is 0. The van der Waals surface area contributed by atoms with Crippen molar-refractivity contribution in [3.05, 3.63) is 85.0 Å². The lowest BCUT2D eigenvalue weighted by atomic mass is 9.81. The molecule has 4 nitrogen and oxygen atoms in total. The van der Waals surface area contributed by atoms with Crippen molar-refractivity contribution in [3.63, 3.8) is 0 Å². The van der Waals surface area contributed by atoms with Crippen molar-refractivity contribution in [3.8, 4) is 11.1 Å².